The summed E-state index contributed by atoms with van der Waals surface area (Å²) in [7, 11) is 0. The van der Waals surface area contributed by atoms with Gasteiger partial charge in [-0.2, -0.15) is 0 Å². The molecule has 2 N–H and O–H groups in total. The summed E-state index contributed by atoms with van der Waals surface area (Å²) in [6.45, 7) is 5.33. The van der Waals surface area contributed by atoms with Crippen molar-refractivity contribution in [1.29, 1.82) is 0 Å². The Morgan fingerprint density at radius 3 is 3.08 bits per heavy atom. The second-order valence-corrected chi connectivity index (χ2v) is 9.10. The van der Waals surface area contributed by atoms with Crippen molar-refractivity contribution in [3.8, 4) is 0 Å². The summed E-state index contributed by atoms with van der Waals surface area (Å²) in [4.78, 5) is 22.9. The Bertz CT molecular complexity index is 879. The third-order valence-electron chi connectivity index (χ3n) is 5.88. The first-order chi connectivity index (χ1) is 12.6. The minimum Gasteiger partial charge on any atom is -0.309 e. The van der Waals surface area contributed by atoms with E-state index < -0.39 is 0 Å². The monoisotopic (exact) mass is 371 g/mol. The van der Waals surface area contributed by atoms with Gasteiger partial charge in [-0.25, -0.2) is 4.98 Å². The number of hydrogen-bond acceptors (Lipinski definition) is 4. The molecule has 0 amide bonds. The molecule has 0 fully saturated rings. The molecule has 140 valence electrons. The van der Waals surface area contributed by atoms with E-state index in [1.807, 2.05) is 0 Å². The van der Waals surface area contributed by atoms with Gasteiger partial charge in [0.1, 0.15) is 10.7 Å². The van der Waals surface area contributed by atoms with E-state index in [0.717, 1.165) is 41.8 Å². The SMILES string of the molecule is C[C@H]1CCc2c(sc3nc([C@@H](C)NCCC4=CCCCC4)[nH]c(=O)c23)C1. The number of aryl methyl sites for hydroxylation is 1. The maximum absolute atomic E-state index is 12.7. The van der Waals surface area contributed by atoms with Crippen LogP contribution >= 0.6 is 11.3 Å². The van der Waals surface area contributed by atoms with Crippen LogP contribution in [0.5, 0.6) is 0 Å². The largest absolute Gasteiger partial charge is 0.309 e. The molecule has 0 radical (unpaired) electrons. The van der Waals surface area contributed by atoms with Gasteiger partial charge in [0.2, 0.25) is 0 Å². The Kier molecular flexibility index (Phi) is 5.28. The average Bonchev–Trinajstić information content (AvgIpc) is 3.00. The minimum absolute atomic E-state index is 0.0423. The Balaban J connectivity index is 1.49. The van der Waals surface area contributed by atoms with Gasteiger partial charge >= 0.3 is 0 Å². The van der Waals surface area contributed by atoms with Crippen LogP contribution in [0.15, 0.2) is 16.4 Å². The Labute approximate surface area is 159 Å². The quantitative estimate of drug-likeness (QED) is 0.752. The maximum atomic E-state index is 12.7. The molecule has 4 nitrogen and oxygen atoms in total. The Hall–Kier alpha value is -1.46. The highest BCUT2D eigenvalue weighted by Gasteiger charge is 2.23. The first-order valence-corrected chi connectivity index (χ1v) is 10.9. The predicted octanol–water partition coefficient (Wildman–Crippen LogP) is 4.65. The maximum Gasteiger partial charge on any atom is 0.259 e. The number of thiophene rings is 1. The van der Waals surface area contributed by atoms with Gasteiger partial charge in [-0.15, -0.1) is 11.3 Å². The minimum atomic E-state index is 0.0423. The molecule has 26 heavy (non-hydrogen) atoms. The number of H-pyrrole nitrogens is 1. The number of hydrogen-bond donors (Lipinski definition) is 2. The predicted molar refractivity (Wildman–Crippen MR) is 109 cm³/mol. The first kappa shape index (κ1) is 17.9. The number of fused-ring (bicyclic) bond motifs is 3. The third-order valence-corrected chi connectivity index (χ3v) is 7.02. The van der Waals surface area contributed by atoms with Crippen LogP contribution in [-0.2, 0) is 12.8 Å². The molecule has 5 heteroatoms. The summed E-state index contributed by atoms with van der Waals surface area (Å²) in [6, 6.07) is 0.0642. The summed E-state index contributed by atoms with van der Waals surface area (Å²) in [5.74, 6) is 1.48. The van der Waals surface area contributed by atoms with Gasteiger partial charge < -0.3 is 10.3 Å². The summed E-state index contributed by atoms with van der Waals surface area (Å²) >= 11 is 1.73. The molecule has 2 aromatic rings. The highest BCUT2D eigenvalue weighted by atomic mass is 32.1. The fourth-order valence-corrected chi connectivity index (χ4v) is 5.64. The van der Waals surface area contributed by atoms with Crippen LogP contribution in [0.2, 0.25) is 0 Å². The van der Waals surface area contributed by atoms with Crippen LogP contribution in [0.25, 0.3) is 10.2 Å². The molecule has 0 saturated heterocycles. The number of allylic oxidation sites excluding steroid dienone is 1. The number of aromatic amines is 1. The zero-order chi connectivity index (χ0) is 18.1. The van der Waals surface area contributed by atoms with E-state index in [0.29, 0.717) is 5.92 Å². The number of nitrogens with one attached hydrogen (secondary N) is 2. The van der Waals surface area contributed by atoms with E-state index >= 15 is 0 Å². The van der Waals surface area contributed by atoms with E-state index in [1.54, 1.807) is 16.9 Å². The summed E-state index contributed by atoms with van der Waals surface area (Å²) in [5, 5.41) is 4.39. The van der Waals surface area contributed by atoms with Gasteiger partial charge in [0.05, 0.1) is 11.4 Å². The topological polar surface area (TPSA) is 57.8 Å². The third kappa shape index (κ3) is 3.65. The summed E-state index contributed by atoms with van der Waals surface area (Å²) in [6.07, 6.45) is 11.9. The van der Waals surface area contributed by atoms with Gasteiger partial charge in [0, 0.05) is 4.88 Å². The molecule has 0 unspecified atom stereocenters. The Morgan fingerprint density at radius 2 is 2.27 bits per heavy atom. The molecule has 2 aliphatic rings. The molecule has 0 bridgehead atoms. The molecule has 0 aliphatic heterocycles. The van der Waals surface area contributed by atoms with Crippen molar-refractivity contribution in [3.63, 3.8) is 0 Å². The molecule has 2 aliphatic carbocycles. The molecule has 0 spiro atoms. The van der Waals surface area contributed by atoms with Crippen LogP contribution in [0, 0.1) is 5.92 Å². The van der Waals surface area contributed by atoms with E-state index in [9.17, 15) is 4.79 Å². The molecule has 4 rings (SSSR count). The van der Waals surface area contributed by atoms with Crippen molar-refractivity contribution in [3.05, 3.63) is 38.3 Å². The van der Waals surface area contributed by atoms with E-state index in [1.165, 1.54) is 42.5 Å². The standard InChI is InChI=1S/C21H29N3OS/c1-13-8-9-16-17(12-13)26-21-18(16)20(25)23-19(24-21)14(2)22-11-10-15-6-4-3-5-7-15/h6,13-14,22H,3-5,7-12H2,1-2H3,(H,23,24,25)/t13-,14+/m0/s1. The van der Waals surface area contributed by atoms with Gasteiger partial charge in [0.15, 0.2) is 0 Å². The van der Waals surface area contributed by atoms with Crippen molar-refractivity contribution in [2.75, 3.05) is 6.54 Å². The van der Waals surface area contributed by atoms with Crippen LogP contribution in [0.4, 0.5) is 0 Å². The summed E-state index contributed by atoms with van der Waals surface area (Å²) < 4.78 is 0. The lowest BCUT2D eigenvalue weighted by Gasteiger charge is -2.17. The van der Waals surface area contributed by atoms with E-state index in [4.69, 9.17) is 4.98 Å². The highest BCUT2D eigenvalue weighted by molar-refractivity contribution is 7.18. The van der Waals surface area contributed by atoms with Crippen LogP contribution in [-0.4, -0.2) is 16.5 Å². The second-order valence-electron chi connectivity index (χ2n) is 8.02. The fraction of sp³-hybridized carbons (Fsp3) is 0.619. The van der Waals surface area contributed by atoms with Gasteiger partial charge in [0.25, 0.3) is 5.56 Å². The van der Waals surface area contributed by atoms with Crippen molar-refractivity contribution in [2.24, 2.45) is 5.92 Å². The lowest BCUT2D eigenvalue weighted by Crippen LogP contribution is -2.25. The lowest BCUT2D eigenvalue weighted by molar-refractivity contribution is 0.509. The molecule has 0 saturated carbocycles. The van der Waals surface area contributed by atoms with Crippen molar-refractivity contribution in [2.45, 2.75) is 71.3 Å². The molecule has 2 atom stereocenters. The van der Waals surface area contributed by atoms with E-state index in [2.05, 4.69) is 30.2 Å². The zero-order valence-electron chi connectivity index (χ0n) is 15.9. The molecule has 0 aromatic carbocycles. The van der Waals surface area contributed by atoms with Crippen molar-refractivity contribution >= 4 is 21.6 Å². The normalized spacial score (nSPS) is 21.5. The molecule has 2 heterocycles. The van der Waals surface area contributed by atoms with Crippen LogP contribution in [0.3, 0.4) is 0 Å². The van der Waals surface area contributed by atoms with Crippen molar-refractivity contribution in [1.82, 2.24) is 15.3 Å². The van der Waals surface area contributed by atoms with Gasteiger partial charge in [-0.05, 0) is 76.3 Å². The van der Waals surface area contributed by atoms with Gasteiger partial charge in [-0.3, -0.25) is 4.79 Å². The smallest absolute Gasteiger partial charge is 0.259 e. The molecular formula is C21H29N3OS. The van der Waals surface area contributed by atoms with E-state index in [-0.39, 0.29) is 11.6 Å². The highest BCUT2D eigenvalue weighted by Crippen LogP contribution is 2.35. The lowest BCUT2D eigenvalue weighted by atomic mass is 9.89. The number of aromatic nitrogens is 2. The second kappa shape index (κ2) is 7.65. The number of nitrogens with zero attached hydrogens (tertiary/aromatic N) is 1. The average molecular weight is 372 g/mol. The van der Waals surface area contributed by atoms with Crippen LogP contribution in [0.1, 0.15) is 74.7 Å². The summed E-state index contributed by atoms with van der Waals surface area (Å²) in [5.41, 5.74) is 2.88. The Morgan fingerprint density at radius 1 is 1.38 bits per heavy atom. The molecule has 2 aromatic heterocycles. The fourth-order valence-electron chi connectivity index (χ4n) is 4.25. The van der Waals surface area contributed by atoms with Gasteiger partial charge in [-0.1, -0.05) is 18.6 Å². The van der Waals surface area contributed by atoms with Crippen molar-refractivity contribution < 1.29 is 0 Å². The molecular weight excluding hydrogens is 342 g/mol. The number of rotatable bonds is 5. The van der Waals surface area contributed by atoms with Crippen LogP contribution < -0.4 is 10.9 Å². The first-order valence-electron chi connectivity index (χ1n) is 10.1. The zero-order valence-corrected chi connectivity index (χ0v) is 16.7.